The summed E-state index contributed by atoms with van der Waals surface area (Å²) in [5, 5.41) is 13.6. The number of rotatable bonds is 5. The molecule has 0 radical (unpaired) electrons. The van der Waals surface area contributed by atoms with Crippen molar-refractivity contribution in [3.8, 4) is 6.07 Å². The van der Waals surface area contributed by atoms with Gasteiger partial charge in [0.15, 0.2) is 5.82 Å². The molecule has 1 heterocycles. The molecule has 0 saturated heterocycles. The lowest BCUT2D eigenvalue weighted by Crippen LogP contribution is -2.43. The van der Waals surface area contributed by atoms with Crippen molar-refractivity contribution in [3.05, 3.63) is 35.4 Å². The number of anilines is 3. The van der Waals surface area contributed by atoms with Gasteiger partial charge in [0, 0.05) is 12.7 Å². The SMILES string of the molecule is CSc1nc(N)nc(N(C)NC(=O)Nc2cccc(CF)c2)c1C#N. The molecule has 2 aromatic rings. The standard InChI is InChI=1S/C15H16FN7OS/c1-23(12-11(8-17)13(25-2)21-14(18)20-12)22-15(24)19-10-5-3-4-9(6-10)7-16/h3-6H,7H2,1-2H3,(H2,18,20,21)(H2,19,22,24). The second kappa shape index (κ2) is 8.16. The van der Waals surface area contributed by atoms with Gasteiger partial charge in [-0.3, -0.25) is 5.01 Å². The molecule has 8 nitrogen and oxygen atoms in total. The predicted octanol–water partition coefficient (Wildman–Crippen LogP) is 2.29. The van der Waals surface area contributed by atoms with Gasteiger partial charge in [-0.25, -0.2) is 19.6 Å². The number of carbonyl (C=O) groups excluding carboxylic acids is 1. The molecule has 25 heavy (non-hydrogen) atoms. The Hall–Kier alpha value is -3.06. The average molecular weight is 361 g/mol. The van der Waals surface area contributed by atoms with Crippen LogP contribution in [-0.2, 0) is 6.67 Å². The number of amides is 2. The van der Waals surface area contributed by atoms with Gasteiger partial charge in [0.05, 0.1) is 0 Å². The molecule has 0 atom stereocenters. The second-order valence-corrected chi connectivity index (χ2v) is 5.66. The van der Waals surface area contributed by atoms with Crippen LogP contribution in [0.2, 0.25) is 0 Å². The third kappa shape index (κ3) is 4.48. The van der Waals surface area contributed by atoms with Crippen molar-refractivity contribution in [1.29, 1.82) is 5.26 Å². The van der Waals surface area contributed by atoms with Crippen molar-refractivity contribution >= 4 is 35.2 Å². The van der Waals surface area contributed by atoms with Gasteiger partial charge in [-0.2, -0.15) is 10.2 Å². The van der Waals surface area contributed by atoms with Gasteiger partial charge in [0.2, 0.25) is 5.95 Å². The first-order chi connectivity index (χ1) is 12.0. The first-order valence-corrected chi connectivity index (χ1v) is 8.28. The molecular formula is C15H16FN7OS. The lowest BCUT2D eigenvalue weighted by molar-refractivity contribution is 0.251. The van der Waals surface area contributed by atoms with E-state index in [-0.39, 0.29) is 17.3 Å². The van der Waals surface area contributed by atoms with Crippen LogP contribution in [0.25, 0.3) is 0 Å². The number of nitrogens with two attached hydrogens (primary N) is 1. The smallest absolute Gasteiger partial charge is 0.338 e. The van der Waals surface area contributed by atoms with Crippen LogP contribution in [0.3, 0.4) is 0 Å². The van der Waals surface area contributed by atoms with Gasteiger partial charge < -0.3 is 11.1 Å². The van der Waals surface area contributed by atoms with Crippen molar-refractivity contribution in [2.24, 2.45) is 0 Å². The van der Waals surface area contributed by atoms with E-state index < -0.39 is 12.7 Å². The van der Waals surface area contributed by atoms with Crippen LogP contribution in [-0.4, -0.2) is 29.3 Å². The summed E-state index contributed by atoms with van der Waals surface area (Å²) < 4.78 is 12.7. The average Bonchev–Trinajstić information content (AvgIpc) is 2.60. The summed E-state index contributed by atoms with van der Waals surface area (Å²) in [6, 6.07) is 7.83. The number of nitrogens with zero attached hydrogens (tertiary/aromatic N) is 4. The van der Waals surface area contributed by atoms with E-state index in [4.69, 9.17) is 5.73 Å². The lowest BCUT2D eigenvalue weighted by atomic mass is 10.2. The zero-order chi connectivity index (χ0) is 18.4. The number of nitrogens with one attached hydrogen (secondary N) is 2. The molecule has 2 amide bonds. The highest BCUT2D eigenvalue weighted by Crippen LogP contribution is 2.25. The molecule has 0 saturated carbocycles. The summed E-state index contributed by atoms with van der Waals surface area (Å²) in [6.07, 6.45) is 1.75. The van der Waals surface area contributed by atoms with Crippen LogP contribution in [0.15, 0.2) is 29.3 Å². The zero-order valence-electron chi connectivity index (χ0n) is 13.6. The van der Waals surface area contributed by atoms with Gasteiger partial charge in [-0.05, 0) is 24.0 Å². The molecule has 0 bridgehead atoms. The minimum Gasteiger partial charge on any atom is -0.368 e. The molecule has 0 aliphatic rings. The maximum absolute atomic E-state index is 12.7. The van der Waals surface area contributed by atoms with E-state index in [9.17, 15) is 14.4 Å². The molecule has 0 fully saturated rings. The number of aromatic nitrogens is 2. The van der Waals surface area contributed by atoms with Crippen molar-refractivity contribution in [3.63, 3.8) is 0 Å². The third-order valence-corrected chi connectivity index (χ3v) is 3.79. The fourth-order valence-corrected chi connectivity index (χ4v) is 2.56. The number of hydrogen-bond acceptors (Lipinski definition) is 7. The summed E-state index contributed by atoms with van der Waals surface area (Å²) >= 11 is 1.25. The van der Waals surface area contributed by atoms with Crippen molar-refractivity contribution in [2.75, 3.05) is 29.4 Å². The highest BCUT2D eigenvalue weighted by molar-refractivity contribution is 7.98. The highest BCUT2D eigenvalue weighted by atomic mass is 32.2. The molecule has 130 valence electrons. The summed E-state index contributed by atoms with van der Waals surface area (Å²) in [5.41, 5.74) is 9.25. The normalized spacial score (nSPS) is 10.0. The largest absolute Gasteiger partial charge is 0.368 e. The van der Waals surface area contributed by atoms with Gasteiger partial charge >= 0.3 is 6.03 Å². The molecule has 0 aliphatic carbocycles. The molecule has 0 unspecified atom stereocenters. The van der Waals surface area contributed by atoms with E-state index in [1.54, 1.807) is 24.5 Å². The molecule has 4 N–H and O–H groups in total. The number of hydrogen-bond donors (Lipinski definition) is 3. The monoisotopic (exact) mass is 361 g/mol. The molecular weight excluding hydrogens is 345 g/mol. The van der Waals surface area contributed by atoms with E-state index in [2.05, 4.69) is 20.7 Å². The zero-order valence-corrected chi connectivity index (χ0v) is 14.4. The number of alkyl halides is 1. The topological polar surface area (TPSA) is 120 Å². The molecule has 10 heteroatoms. The van der Waals surface area contributed by atoms with Crippen LogP contribution in [0.5, 0.6) is 0 Å². The molecule has 0 spiro atoms. The fraction of sp³-hybridized carbons (Fsp3) is 0.200. The minimum atomic E-state index is -0.625. The minimum absolute atomic E-state index is 0.0111. The summed E-state index contributed by atoms with van der Waals surface area (Å²) in [5.74, 6) is 0.162. The maximum atomic E-state index is 12.7. The Bertz CT molecular complexity index is 824. The Kier molecular flexibility index (Phi) is 5.97. The van der Waals surface area contributed by atoms with Crippen LogP contribution < -0.4 is 21.5 Å². The van der Waals surface area contributed by atoms with Crippen LogP contribution in [0.4, 0.5) is 26.6 Å². The number of nitrogen functional groups attached to an aromatic ring is 1. The quantitative estimate of drug-likeness (QED) is 0.424. The predicted molar refractivity (Wildman–Crippen MR) is 94.8 cm³/mol. The Labute approximate surface area is 148 Å². The molecule has 0 aliphatic heterocycles. The highest BCUT2D eigenvalue weighted by Gasteiger charge is 2.18. The van der Waals surface area contributed by atoms with E-state index in [0.29, 0.717) is 16.3 Å². The van der Waals surface area contributed by atoms with Crippen molar-refractivity contribution in [2.45, 2.75) is 11.7 Å². The first kappa shape index (κ1) is 18.3. The molecule has 1 aromatic heterocycles. The Morgan fingerprint density at radius 1 is 1.48 bits per heavy atom. The summed E-state index contributed by atoms with van der Waals surface area (Å²) in [6.45, 7) is -0.625. The van der Waals surface area contributed by atoms with E-state index >= 15 is 0 Å². The lowest BCUT2D eigenvalue weighted by Gasteiger charge is -2.21. The van der Waals surface area contributed by atoms with E-state index in [1.807, 2.05) is 6.07 Å². The Morgan fingerprint density at radius 3 is 2.88 bits per heavy atom. The number of nitriles is 1. The number of halogens is 1. The number of benzene rings is 1. The van der Waals surface area contributed by atoms with Crippen molar-refractivity contribution < 1.29 is 9.18 Å². The summed E-state index contributed by atoms with van der Waals surface area (Å²) in [7, 11) is 1.52. The van der Waals surface area contributed by atoms with E-state index in [0.717, 1.165) is 0 Å². The van der Waals surface area contributed by atoms with Gasteiger partial charge in [-0.1, -0.05) is 12.1 Å². The number of thioether (sulfide) groups is 1. The molecule has 1 aromatic carbocycles. The van der Waals surface area contributed by atoms with Gasteiger partial charge in [0.25, 0.3) is 0 Å². The van der Waals surface area contributed by atoms with Crippen LogP contribution in [0.1, 0.15) is 11.1 Å². The van der Waals surface area contributed by atoms with Crippen molar-refractivity contribution in [1.82, 2.24) is 15.4 Å². The van der Waals surface area contributed by atoms with Gasteiger partial charge in [0.1, 0.15) is 23.3 Å². The number of carbonyl (C=O) groups is 1. The summed E-state index contributed by atoms with van der Waals surface area (Å²) in [4.78, 5) is 20.1. The fourth-order valence-electron chi connectivity index (χ4n) is 2.03. The van der Waals surface area contributed by atoms with Crippen LogP contribution in [0, 0.1) is 11.3 Å². The van der Waals surface area contributed by atoms with E-state index in [1.165, 1.54) is 29.9 Å². The van der Waals surface area contributed by atoms with Crippen LogP contribution >= 0.6 is 11.8 Å². The molecule has 2 rings (SSSR count). The first-order valence-electron chi connectivity index (χ1n) is 7.06. The number of urea groups is 1. The van der Waals surface area contributed by atoms with Gasteiger partial charge in [-0.15, -0.1) is 11.8 Å². The Morgan fingerprint density at radius 2 is 2.24 bits per heavy atom. The Balaban J connectivity index is 2.16. The number of hydrazine groups is 1. The second-order valence-electron chi connectivity index (χ2n) is 4.86. The third-order valence-electron chi connectivity index (χ3n) is 3.11. The maximum Gasteiger partial charge on any atom is 0.338 e.